The third-order valence-corrected chi connectivity index (χ3v) is 4.00. The number of ether oxygens (including phenoxy) is 2. The van der Waals surface area contributed by atoms with Crippen molar-refractivity contribution in [2.75, 3.05) is 20.3 Å². The van der Waals surface area contributed by atoms with Gasteiger partial charge >= 0.3 is 0 Å². The first-order chi connectivity index (χ1) is 12.0. The number of pyridine rings is 1. The van der Waals surface area contributed by atoms with Gasteiger partial charge in [0.15, 0.2) is 11.6 Å². The van der Waals surface area contributed by atoms with E-state index in [0.717, 1.165) is 12.1 Å². The predicted octanol–water partition coefficient (Wildman–Crippen LogP) is 3.86. The van der Waals surface area contributed by atoms with Crippen LogP contribution >= 0.6 is 15.9 Å². The molecular formula is C17H13BrF2N2O3. The summed E-state index contributed by atoms with van der Waals surface area (Å²) in [5.41, 5.74) is -0.105. The fourth-order valence-corrected chi connectivity index (χ4v) is 2.72. The van der Waals surface area contributed by atoms with Gasteiger partial charge in [-0.2, -0.15) is 0 Å². The Hall–Kier alpha value is -2.32. The summed E-state index contributed by atoms with van der Waals surface area (Å²) in [6, 6.07) is 3.80. The van der Waals surface area contributed by atoms with Crippen LogP contribution in [0.4, 0.5) is 8.78 Å². The highest BCUT2D eigenvalue weighted by atomic mass is 79.9. The maximum atomic E-state index is 14.6. The number of rotatable bonds is 6. The second kappa shape index (κ2) is 7.28. The van der Waals surface area contributed by atoms with Crippen LogP contribution in [0.3, 0.4) is 0 Å². The summed E-state index contributed by atoms with van der Waals surface area (Å²) in [6.45, 7) is 0.318. The molecule has 0 saturated carbocycles. The van der Waals surface area contributed by atoms with Gasteiger partial charge in [0, 0.05) is 34.9 Å². The van der Waals surface area contributed by atoms with Gasteiger partial charge in [0.05, 0.1) is 12.2 Å². The molecule has 0 spiro atoms. The number of aromatic nitrogens is 2. The molecule has 0 saturated heterocycles. The smallest absolute Gasteiger partial charge is 0.201 e. The fourth-order valence-electron chi connectivity index (χ4n) is 2.39. The Morgan fingerprint density at radius 1 is 1.32 bits per heavy atom. The van der Waals surface area contributed by atoms with Gasteiger partial charge in [-0.3, -0.25) is 4.79 Å². The lowest BCUT2D eigenvalue weighted by Gasteiger charge is -2.10. The molecule has 2 heterocycles. The number of ketones is 1. The quantitative estimate of drug-likeness (QED) is 0.494. The van der Waals surface area contributed by atoms with E-state index in [-0.39, 0.29) is 24.5 Å². The zero-order chi connectivity index (χ0) is 18.0. The Morgan fingerprint density at radius 2 is 2.12 bits per heavy atom. The van der Waals surface area contributed by atoms with Crippen molar-refractivity contribution in [3.63, 3.8) is 0 Å². The zero-order valence-corrected chi connectivity index (χ0v) is 14.7. The molecule has 0 aliphatic rings. The van der Waals surface area contributed by atoms with Crippen LogP contribution in [0.1, 0.15) is 15.9 Å². The first-order valence-corrected chi connectivity index (χ1v) is 8.09. The number of nitrogens with zero attached hydrogens (tertiary/aromatic N) is 1. The van der Waals surface area contributed by atoms with Crippen molar-refractivity contribution in [3.05, 3.63) is 57.8 Å². The number of benzene rings is 1. The Kier molecular flexibility index (Phi) is 5.10. The molecule has 0 aliphatic carbocycles. The highest BCUT2D eigenvalue weighted by Gasteiger charge is 2.25. The second-order valence-corrected chi connectivity index (χ2v) is 6.07. The molecule has 0 atom stereocenters. The third-order valence-electron chi connectivity index (χ3n) is 3.57. The highest BCUT2D eigenvalue weighted by Crippen LogP contribution is 2.28. The number of H-pyrrole nitrogens is 1. The minimum Gasteiger partial charge on any atom is -0.488 e. The summed E-state index contributed by atoms with van der Waals surface area (Å²) in [4.78, 5) is 19.7. The number of nitrogens with one attached hydrogen (secondary N) is 1. The third kappa shape index (κ3) is 3.40. The molecule has 0 unspecified atom stereocenters. The van der Waals surface area contributed by atoms with E-state index in [9.17, 15) is 13.6 Å². The Morgan fingerprint density at radius 3 is 2.88 bits per heavy atom. The van der Waals surface area contributed by atoms with Gasteiger partial charge in [-0.1, -0.05) is 0 Å². The van der Waals surface area contributed by atoms with Crippen molar-refractivity contribution in [2.24, 2.45) is 0 Å². The summed E-state index contributed by atoms with van der Waals surface area (Å²) >= 11 is 3.26. The number of methoxy groups -OCH3 is 1. The van der Waals surface area contributed by atoms with Crippen LogP contribution in [0, 0.1) is 11.6 Å². The van der Waals surface area contributed by atoms with Crippen LogP contribution in [0.5, 0.6) is 5.75 Å². The number of hydrogen-bond donors (Lipinski definition) is 1. The molecule has 3 rings (SSSR count). The Bertz CT molecular complexity index is 943. The van der Waals surface area contributed by atoms with Gasteiger partial charge in [0.25, 0.3) is 0 Å². The number of carbonyl (C=O) groups is 1. The molecular weight excluding hydrogens is 398 g/mol. The number of fused-ring (bicyclic) bond motifs is 1. The molecule has 1 N–H and O–H groups in total. The summed E-state index contributed by atoms with van der Waals surface area (Å²) in [5, 5.41) is 0.462. The van der Waals surface area contributed by atoms with Gasteiger partial charge in [-0.25, -0.2) is 13.8 Å². The fraction of sp³-hybridized carbons (Fsp3) is 0.176. The van der Waals surface area contributed by atoms with Crippen LogP contribution < -0.4 is 4.74 Å². The van der Waals surface area contributed by atoms with Crippen LogP contribution in [-0.2, 0) is 4.74 Å². The number of aromatic amines is 1. The molecule has 1 aromatic carbocycles. The molecule has 3 aromatic rings. The van der Waals surface area contributed by atoms with Crippen LogP contribution in [-0.4, -0.2) is 36.1 Å². The average Bonchev–Trinajstić information content (AvgIpc) is 3.00. The Balaban J connectivity index is 2.03. The van der Waals surface area contributed by atoms with Crippen molar-refractivity contribution in [3.8, 4) is 5.75 Å². The van der Waals surface area contributed by atoms with E-state index in [2.05, 4.69) is 25.9 Å². The molecule has 0 radical (unpaired) electrons. The largest absolute Gasteiger partial charge is 0.488 e. The molecule has 0 amide bonds. The molecule has 130 valence electrons. The SMILES string of the molecule is COCCOc1ccc(F)c(C(=O)c2c[nH]c3ncc(Br)cc23)c1F. The maximum Gasteiger partial charge on any atom is 0.201 e. The van der Waals surface area contributed by atoms with E-state index in [1.165, 1.54) is 13.3 Å². The number of hydrogen-bond acceptors (Lipinski definition) is 4. The van der Waals surface area contributed by atoms with Gasteiger partial charge in [0.1, 0.15) is 18.1 Å². The minimum atomic E-state index is -1.04. The monoisotopic (exact) mass is 410 g/mol. The summed E-state index contributed by atoms with van der Waals surface area (Å²) in [7, 11) is 1.47. The van der Waals surface area contributed by atoms with Crippen molar-refractivity contribution in [2.45, 2.75) is 0 Å². The van der Waals surface area contributed by atoms with Crippen molar-refractivity contribution in [1.82, 2.24) is 9.97 Å². The molecule has 2 aromatic heterocycles. The lowest BCUT2D eigenvalue weighted by atomic mass is 10.0. The normalized spacial score (nSPS) is 11.0. The molecule has 5 nitrogen and oxygen atoms in total. The van der Waals surface area contributed by atoms with Gasteiger partial charge < -0.3 is 14.5 Å². The van der Waals surface area contributed by atoms with E-state index in [1.807, 2.05) is 0 Å². The first kappa shape index (κ1) is 17.5. The van der Waals surface area contributed by atoms with Gasteiger partial charge in [-0.15, -0.1) is 0 Å². The lowest BCUT2D eigenvalue weighted by Crippen LogP contribution is -2.11. The number of halogens is 3. The second-order valence-electron chi connectivity index (χ2n) is 5.16. The zero-order valence-electron chi connectivity index (χ0n) is 13.1. The van der Waals surface area contributed by atoms with Crippen molar-refractivity contribution < 1.29 is 23.0 Å². The maximum absolute atomic E-state index is 14.6. The highest BCUT2D eigenvalue weighted by molar-refractivity contribution is 9.10. The molecule has 0 bridgehead atoms. The van der Waals surface area contributed by atoms with E-state index in [0.29, 0.717) is 15.5 Å². The van der Waals surface area contributed by atoms with Crippen molar-refractivity contribution in [1.29, 1.82) is 0 Å². The summed E-state index contributed by atoms with van der Waals surface area (Å²) < 4.78 is 39.4. The first-order valence-electron chi connectivity index (χ1n) is 7.30. The van der Waals surface area contributed by atoms with E-state index in [1.54, 1.807) is 12.3 Å². The summed E-state index contributed by atoms with van der Waals surface area (Å²) in [6.07, 6.45) is 2.93. The molecule has 0 aliphatic heterocycles. The standard InChI is InChI=1S/C17H13BrF2N2O3/c1-24-4-5-25-13-3-2-12(19)14(15(13)20)16(23)11-8-22-17-10(11)6-9(18)7-21-17/h2-3,6-8H,4-5H2,1H3,(H,21,22). The van der Waals surface area contributed by atoms with Gasteiger partial charge in [0.2, 0.25) is 5.78 Å². The lowest BCUT2D eigenvalue weighted by molar-refractivity contribution is 0.103. The minimum absolute atomic E-state index is 0.0800. The van der Waals surface area contributed by atoms with Crippen LogP contribution in [0.15, 0.2) is 35.1 Å². The van der Waals surface area contributed by atoms with Crippen LogP contribution in [0.2, 0.25) is 0 Å². The molecule has 0 fully saturated rings. The molecule has 25 heavy (non-hydrogen) atoms. The van der Waals surface area contributed by atoms with Gasteiger partial charge in [-0.05, 0) is 34.1 Å². The Labute approximate surface area is 150 Å². The summed E-state index contributed by atoms with van der Waals surface area (Å²) in [5.74, 6) is -3.00. The van der Waals surface area contributed by atoms with E-state index >= 15 is 0 Å². The van der Waals surface area contributed by atoms with Crippen LogP contribution in [0.25, 0.3) is 11.0 Å². The topological polar surface area (TPSA) is 64.2 Å². The predicted molar refractivity (Wildman–Crippen MR) is 91.0 cm³/mol. The van der Waals surface area contributed by atoms with E-state index in [4.69, 9.17) is 9.47 Å². The average molecular weight is 411 g/mol. The van der Waals surface area contributed by atoms with Crippen molar-refractivity contribution >= 4 is 32.7 Å². The van der Waals surface area contributed by atoms with E-state index < -0.39 is 23.0 Å². The number of carbonyl (C=O) groups excluding carboxylic acids is 1. The molecule has 8 heteroatoms.